The van der Waals surface area contributed by atoms with Crippen LogP contribution in [0.5, 0.6) is 5.75 Å². The fourth-order valence-electron chi connectivity index (χ4n) is 2.39. The number of nitrogens with zero attached hydrogens (tertiary/aromatic N) is 4. The van der Waals surface area contributed by atoms with Crippen molar-refractivity contribution in [2.45, 2.75) is 17.9 Å². The molecule has 12 heteroatoms. The summed E-state index contributed by atoms with van der Waals surface area (Å²) in [4.78, 5) is 12.4. The van der Waals surface area contributed by atoms with Gasteiger partial charge in [0.05, 0.1) is 21.3 Å². The molecule has 1 aliphatic heterocycles. The average molecular weight is 442 g/mol. The summed E-state index contributed by atoms with van der Waals surface area (Å²) in [5.74, 6) is -0.863. The van der Waals surface area contributed by atoms with Crippen LogP contribution in [0, 0.1) is 0 Å². The molecule has 1 amide bonds. The number of phenolic OH excluding ortho intramolecular Hbond substituents is 1. The molecule has 0 saturated carbocycles. The van der Waals surface area contributed by atoms with Crippen LogP contribution in [0.4, 0.5) is 11.4 Å². The molecule has 0 aromatic heterocycles. The van der Waals surface area contributed by atoms with Gasteiger partial charge in [-0.05, 0) is 43.3 Å². The molecule has 3 N–H and O–H groups in total. The Morgan fingerprint density at radius 1 is 1.21 bits per heavy atom. The van der Waals surface area contributed by atoms with Gasteiger partial charge in [-0.25, -0.2) is 13.6 Å². The lowest BCUT2D eigenvalue weighted by Gasteiger charge is -2.14. The quantitative estimate of drug-likeness (QED) is 0.702. The van der Waals surface area contributed by atoms with Crippen LogP contribution in [0.25, 0.3) is 0 Å². The number of phenols is 1. The SMILES string of the molecule is CC1=NN(c2cc(Cl)ccc2Cl)C(=O)C1N=Nc1cc(S(N)(=O)=O)ccc1O. The summed E-state index contributed by atoms with van der Waals surface area (Å²) in [6.07, 6.45) is 0. The van der Waals surface area contributed by atoms with Crippen LogP contribution >= 0.6 is 23.2 Å². The third-order valence-electron chi connectivity index (χ3n) is 3.79. The van der Waals surface area contributed by atoms with Crippen LogP contribution in [0.3, 0.4) is 0 Å². The van der Waals surface area contributed by atoms with Crippen LogP contribution in [-0.4, -0.2) is 31.2 Å². The predicted octanol–water partition coefficient (Wildman–Crippen LogP) is 3.22. The third-order valence-corrected chi connectivity index (χ3v) is 5.25. The minimum atomic E-state index is -3.99. The van der Waals surface area contributed by atoms with Gasteiger partial charge in [0.1, 0.15) is 11.4 Å². The topological polar surface area (TPSA) is 138 Å². The Labute approximate surface area is 170 Å². The molecular weight excluding hydrogens is 429 g/mol. The molecule has 0 spiro atoms. The van der Waals surface area contributed by atoms with Crippen molar-refractivity contribution in [3.63, 3.8) is 0 Å². The number of hydrazone groups is 1. The molecular formula is C16H13Cl2N5O4S. The second-order valence-electron chi connectivity index (χ2n) is 5.80. The smallest absolute Gasteiger partial charge is 0.280 e. The van der Waals surface area contributed by atoms with Crippen LogP contribution in [0.1, 0.15) is 6.92 Å². The second kappa shape index (κ2) is 7.47. The van der Waals surface area contributed by atoms with Crippen molar-refractivity contribution in [2.24, 2.45) is 20.5 Å². The number of aromatic hydroxyl groups is 1. The van der Waals surface area contributed by atoms with E-state index in [2.05, 4.69) is 15.3 Å². The van der Waals surface area contributed by atoms with Gasteiger partial charge in [-0.3, -0.25) is 4.79 Å². The van der Waals surface area contributed by atoms with E-state index < -0.39 is 22.0 Å². The Morgan fingerprint density at radius 3 is 2.61 bits per heavy atom. The molecule has 28 heavy (non-hydrogen) atoms. The van der Waals surface area contributed by atoms with Crippen molar-refractivity contribution in [1.82, 2.24) is 0 Å². The van der Waals surface area contributed by atoms with Gasteiger partial charge in [-0.2, -0.15) is 20.3 Å². The van der Waals surface area contributed by atoms with E-state index in [0.29, 0.717) is 10.7 Å². The monoisotopic (exact) mass is 441 g/mol. The Kier molecular flexibility index (Phi) is 5.39. The molecule has 0 aliphatic carbocycles. The summed E-state index contributed by atoms with van der Waals surface area (Å²) in [6.45, 7) is 1.57. The normalized spacial score (nSPS) is 17.4. The first kappa shape index (κ1) is 20.2. The summed E-state index contributed by atoms with van der Waals surface area (Å²) in [5.41, 5.74) is 0.452. The molecule has 1 heterocycles. The number of nitrogens with two attached hydrogens (primary N) is 1. The van der Waals surface area contributed by atoms with E-state index in [1.165, 1.54) is 12.1 Å². The van der Waals surface area contributed by atoms with Crippen molar-refractivity contribution in [3.8, 4) is 5.75 Å². The number of amides is 1. The summed E-state index contributed by atoms with van der Waals surface area (Å²) in [6, 6.07) is 6.80. The number of rotatable bonds is 4. The van der Waals surface area contributed by atoms with E-state index in [1.807, 2.05) is 0 Å². The van der Waals surface area contributed by atoms with Crippen molar-refractivity contribution in [2.75, 3.05) is 5.01 Å². The molecule has 1 unspecified atom stereocenters. The molecule has 1 aliphatic rings. The summed E-state index contributed by atoms with van der Waals surface area (Å²) >= 11 is 12.1. The molecule has 0 saturated heterocycles. The van der Waals surface area contributed by atoms with E-state index >= 15 is 0 Å². The third kappa shape index (κ3) is 3.99. The lowest BCUT2D eigenvalue weighted by atomic mass is 10.2. The average Bonchev–Trinajstić information content (AvgIpc) is 2.89. The summed E-state index contributed by atoms with van der Waals surface area (Å²) in [7, 11) is -3.99. The van der Waals surface area contributed by atoms with Crippen molar-refractivity contribution < 1.29 is 18.3 Å². The maximum Gasteiger partial charge on any atom is 0.280 e. The fourth-order valence-corrected chi connectivity index (χ4v) is 3.29. The first-order valence-electron chi connectivity index (χ1n) is 7.68. The lowest BCUT2D eigenvalue weighted by molar-refractivity contribution is -0.117. The minimum absolute atomic E-state index is 0.161. The second-order valence-corrected chi connectivity index (χ2v) is 8.21. The van der Waals surface area contributed by atoms with Crippen molar-refractivity contribution in [1.29, 1.82) is 0 Å². The molecule has 146 valence electrons. The molecule has 1 atom stereocenters. The maximum atomic E-state index is 12.7. The van der Waals surface area contributed by atoms with Gasteiger partial charge in [0, 0.05) is 5.02 Å². The molecule has 2 aromatic rings. The Hall–Kier alpha value is -2.53. The summed E-state index contributed by atoms with van der Waals surface area (Å²) < 4.78 is 22.9. The van der Waals surface area contributed by atoms with E-state index in [-0.39, 0.29) is 27.0 Å². The Morgan fingerprint density at radius 2 is 1.93 bits per heavy atom. The zero-order chi connectivity index (χ0) is 20.6. The van der Waals surface area contributed by atoms with E-state index in [4.69, 9.17) is 28.3 Å². The Balaban J connectivity index is 1.91. The summed E-state index contributed by atoms with van der Waals surface area (Å²) in [5, 5.41) is 28.5. The van der Waals surface area contributed by atoms with E-state index in [9.17, 15) is 18.3 Å². The number of halogens is 2. The van der Waals surface area contributed by atoms with Crippen LogP contribution < -0.4 is 10.1 Å². The molecule has 0 bridgehead atoms. The number of primary sulfonamides is 1. The highest BCUT2D eigenvalue weighted by Gasteiger charge is 2.35. The number of benzene rings is 2. The maximum absolute atomic E-state index is 12.7. The van der Waals surface area contributed by atoms with Crippen LogP contribution in [0.15, 0.2) is 56.6 Å². The number of carbonyl (C=O) groups is 1. The fraction of sp³-hybridized carbons (Fsp3) is 0.125. The largest absolute Gasteiger partial charge is 0.506 e. The standard InChI is InChI=1S/C16H13Cl2N5O4S/c1-8-15(16(25)23(22-8)13-6-9(17)2-4-11(13)18)21-20-12-7-10(28(19,26)27)3-5-14(12)24/h2-7,15,24H,1H3,(H2,19,26,27). The van der Waals surface area contributed by atoms with Gasteiger partial charge in [0.15, 0.2) is 6.04 Å². The van der Waals surface area contributed by atoms with E-state index in [1.54, 1.807) is 13.0 Å². The first-order valence-corrected chi connectivity index (χ1v) is 9.99. The number of sulfonamides is 1. The molecule has 9 nitrogen and oxygen atoms in total. The van der Waals surface area contributed by atoms with Gasteiger partial charge in [-0.15, -0.1) is 0 Å². The zero-order valence-electron chi connectivity index (χ0n) is 14.2. The number of anilines is 1. The molecule has 0 radical (unpaired) electrons. The van der Waals surface area contributed by atoms with Gasteiger partial charge in [0.25, 0.3) is 5.91 Å². The minimum Gasteiger partial charge on any atom is -0.506 e. The van der Waals surface area contributed by atoms with Gasteiger partial charge in [-0.1, -0.05) is 23.2 Å². The first-order chi connectivity index (χ1) is 13.1. The highest BCUT2D eigenvalue weighted by atomic mass is 35.5. The highest BCUT2D eigenvalue weighted by Crippen LogP contribution is 2.33. The number of carbonyl (C=O) groups excluding carboxylic acids is 1. The number of hydrogen-bond donors (Lipinski definition) is 2. The molecule has 3 rings (SSSR count). The van der Waals surface area contributed by atoms with Crippen LogP contribution in [0.2, 0.25) is 10.0 Å². The number of hydrogen-bond acceptors (Lipinski definition) is 7. The zero-order valence-corrected chi connectivity index (χ0v) is 16.6. The lowest BCUT2D eigenvalue weighted by Crippen LogP contribution is -2.29. The number of azo groups is 1. The Bertz CT molecular complexity index is 1130. The predicted molar refractivity (Wildman–Crippen MR) is 105 cm³/mol. The van der Waals surface area contributed by atoms with Crippen molar-refractivity contribution >= 4 is 56.2 Å². The molecule has 2 aromatic carbocycles. The molecule has 0 fully saturated rings. The van der Waals surface area contributed by atoms with E-state index in [0.717, 1.165) is 23.2 Å². The van der Waals surface area contributed by atoms with Crippen LogP contribution in [-0.2, 0) is 14.8 Å². The van der Waals surface area contributed by atoms with Crippen molar-refractivity contribution in [3.05, 3.63) is 46.4 Å². The van der Waals surface area contributed by atoms with Gasteiger partial charge >= 0.3 is 0 Å². The highest BCUT2D eigenvalue weighted by molar-refractivity contribution is 7.89. The van der Waals surface area contributed by atoms with Gasteiger partial charge < -0.3 is 5.11 Å². The van der Waals surface area contributed by atoms with Gasteiger partial charge in [0.2, 0.25) is 10.0 Å².